The van der Waals surface area contributed by atoms with Crippen molar-refractivity contribution in [2.45, 2.75) is 19.8 Å². The number of hydrogen-bond acceptors (Lipinski definition) is 3. The Morgan fingerprint density at radius 1 is 1.04 bits per heavy atom. The average molecular weight is 368 g/mol. The Balaban J connectivity index is 1.76. The van der Waals surface area contributed by atoms with Crippen molar-refractivity contribution in [3.8, 4) is 0 Å². The summed E-state index contributed by atoms with van der Waals surface area (Å²) in [4.78, 5) is 29.1. The van der Waals surface area contributed by atoms with Crippen LogP contribution in [0.4, 0.5) is 4.39 Å². The normalized spacial score (nSPS) is 10.7. The molecule has 0 aliphatic rings. The monoisotopic (exact) mass is 368 g/mol. The summed E-state index contributed by atoms with van der Waals surface area (Å²) >= 11 is 0. The van der Waals surface area contributed by atoms with Gasteiger partial charge in [0.1, 0.15) is 5.82 Å². The highest BCUT2D eigenvalue weighted by Gasteiger charge is 2.21. The summed E-state index contributed by atoms with van der Waals surface area (Å²) in [5, 5.41) is 5.52. The highest BCUT2D eigenvalue weighted by atomic mass is 19.1. The average Bonchev–Trinajstić information content (AvgIpc) is 3.07. The van der Waals surface area contributed by atoms with E-state index in [0.29, 0.717) is 24.0 Å². The van der Waals surface area contributed by atoms with Gasteiger partial charge in [-0.2, -0.15) is 0 Å². The topological polar surface area (TPSA) is 75.5 Å². The van der Waals surface area contributed by atoms with E-state index in [9.17, 15) is 14.0 Å². The zero-order chi connectivity index (χ0) is 19.2. The van der Waals surface area contributed by atoms with Gasteiger partial charge in [0.2, 0.25) is 5.82 Å². The molecule has 0 fully saturated rings. The van der Waals surface area contributed by atoms with E-state index in [4.69, 9.17) is 0 Å². The molecule has 3 aromatic rings. The van der Waals surface area contributed by atoms with Gasteiger partial charge >= 0.3 is 0 Å². The number of fused-ring (bicyclic) bond motifs is 1. The summed E-state index contributed by atoms with van der Waals surface area (Å²) in [6.45, 7) is 2.76. The van der Waals surface area contributed by atoms with Crippen molar-refractivity contribution in [1.82, 2.24) is 20.0 Å². The third-order valence-corrected chi connectivity index (χ3v) is 4.14. The highest BCUT2D eigenvalue weighted by Crippen LogP contribution is 2.13. The Kier molecular flexibility index (Phi) is 5.80. The van der Waals surface area contributed by atoms with Gasteiger partial charge in [-0.05, 0) is 36.6 Å². The molecule has 0 saturated carbocycles. The molecule has 0 spiro atoms. The van der Waals surface area contributed by atoms with E-state index in [-0.39, 0.29) is 29.8 Å². The zero-order valence-electron chi connectivity index (χ0n) is 15.0. The lowest BCUT2D eigenvalue weighted by molar-refractivity contribution is 0.0942. The Labute approximate surface area is 156 Å². The van der Waals surface area contributed by atoms with Crippen LogP contribution >= 0.6 is 0 Å². The summed E-state index contributed by atoms with van der Waals surface area (Å²) in [5.41, 5.74) is 1.25. The van der Waals surface area contributed by atoms with Gasteiger partial charge in [-0.3, -0.25) is 14.0 Å². The predicted molar refractivity (Wildman–Crippen MR) is 100 cm³/mol. The Bertz CT molecular complexity index is 968. The fraction of sp³-hybridized carbons (Fsp3) is 0.250. The first-order valence-corrected chi connectivity index (χ1v) is 8.88. The summed E-state index contributed by atoms with van der Waals surface area (Å²) in [7, 11) is 0. The highest BCUT2D eigenvalue weighted by molar-refractivity contribution is 6.02. The molecule has 140 valence electrons. The molecule has 6 nitrogen and oxygen atoms in total. The minimum Gasteiger partial charge on any atom is -0.350 e. The second-order valence-electron chi connectivity index (χ2n) is 6.09. The van der Waals surface area contributed by atoms with Gasteiger partial charge in [-0.15, -0.1) is 0 Å². The number of hydrogen-bond donors (Lipinski definition) is 2. The van der Waals surface area contributed by atoms with Crippen LogP contribution in [0, 0.1) is 5.82 Å². The van der Waals surface area contributed by atoms with Gasteiger partial charge in [-0.1, -0.05) is 31.2 Å². The molecule has 0 radical (unpaired) electrons. The van der Waals surface area contributed by atoms with Crippen molar-refractivity contribution in [2.75, 3.05) is 13.1 Å². The molecule has 0 aliphatic carbocycles. The van der Waals surface area contributed by atoms with E-state index < -0.39 is 5.91 Å². The van der Waals surface area contributed by atoms with Crippen molar-refractivity contribution >= 4 is 17.3 Å². The van der Waals surface area contributed by atoms with Crippen molar-refractivity contribution < 1.29 is 14.0 Å². The molecule has 2 aromatic heterocycles. The fourth-order valence-electron chi connectivity index (χ4n) is 2.78. The van der Waals surface area contributed by atoms with Crippen LogP contribution in [0.15, 0.2) is 48.7 Å². The summed E-state index contributed by atoms with van der Waals surface area (Å²) in [6, 6.07) is 11.7. The number of halogens is 1. The number of nitrogens with one attached hydrogen (secondary N) is 2. The maximum atomic E-state index is 13.7. The van der Waals surface area contributed by atoms with Crippen molar-refractivity contribution in [3.05, 3.63) is 71.6 Å². The molecule has 2 heterocycles. The Morgan fingerprint density at radius 2 is 1.78 bits per heavy atom. The first-order chi connectivity index (χ1) is 13.1. The van der Waals surface area contributed by atoms with Gasteiger partial charge in [0.05, 0.1) is 5.52 Å². The van der Waals surface area contributed by atoms with Crippen molar-refractivity contribution in [1.29, 1.82) is 0 Å². The molecule has 7 heteroatoms. The Morgan fingerprint density at radius 3 is 2.56 bits per heavy atom. The first-order valence-electron chi connectivity index (χ1n) is 8.88. The van der Waals surface area contributed by atoms with Crippen LogP contribution in [0.3, 0.4) is 0 Å². The molecule has 0 atom stereocenters. The second-order valence-corrected chi connectivity index (χ2v) is 6.09. The van der Waals surface area contributed by atoms with Crippen LogP contribution in [0.1, 0.15) is 40.0 Å². The number of benzene rings is 1. The SMILES string of the molecule is CCCNC(=O)c1nc(C(=O)NCCc2ccccc2F)c2ccccn12. The van der Waals surface area contributed by atoms with Crippen LogP contribution in [0.25, 0.3) is 5.52 Å². The van der Waals surface area contributed by atoms with Gasteiger partial charge in [-0.25, -0.2) is 9.37 Å². The lowest BCUT2D eigenvalue weighted by Gasteiger charge is -2.05. The molecule has 2 N–H and O–H groups in total. The van der Waals surface area contributed by atoms with E-state index in [1.807, 2.05) is 6.92 Å². The van der Waals surface area contributed by atoms with Crippen LogP contribution in [-0.4, -0.2) is 34.3 Å². The van der Waals surface area contributed by atoms with Crippen LogP contribution in [0.5, 0.6) is 0 Å². The van der Waals surface area contributed by atoms with Gasteiger partial charge in [0.15, 0.2) is 5.69 Å². The predicted octanol–water partition coefficient (Wildman–Crippen LogP) is 2.59. The maximum Gasteiger partial charge on any atom is 0.287 e. The summed E-state index contributed by atoms with van der Waals surface area (Å²) in [6.07, 6.45) is 2.87. The number of amides is 2. The lowest BCUT2D eigenvalue weighted by atomic mass is 10.1. The molecule has 27 heavy (non-hydrogen) atoms. The molecular weight excluding hydrogens is 347 g/mol. The zero-order valence-corrected chi connectivity index (χ0v) is 15.0. The van der Waals surface area contributed by atoms with Crippen LogP contribution in [-0.2, 0) is 6.42 Å². The third kappa shape index (κ3) is 4.13. The summed E-state index contributed by atoms with van der Waals surface area (Å²) < 4.78 is 15.3. The molecule has 0 unspecified atom stereocenters. The van der Waals surface area contributed by atoms with E-state index in [1.165, 1.54) is 6.07 Å². The van der Waals surface area contributed by atoms with Crippen LogP contribution < -0.4 is 10.6 Å². The van der Waals surface area contributed by atoms with E-state index in [1.54, 1.807) is 47.0 Å². The van der Waals surface area contributed by atoms with Gasteiger partial charge < -0.3 is 10.6 Å². The van der Waals surface area contributed by atoms with Crippen molar-refractivity contribution in [3.63, 3.8) is 0 Å². The third-order valence-electron chi connectivity index (χ3n) is 4.14. The largest absolute Gasteiger partial charge is 0.350 e. The molecule has 1 aromatic carbocycles. The minimum atomic E-state index is -0.399. The maximum absolute atomic E-state index is 13.7. The number of carbonyl (C=O) groups is 2. The van der Waals surface area contributed by atoms with Crippen LogP contribution in [0.2, 0.25) is 0 Å². The minimum absolute atomic E-state index is 0.165. The number of carbonyl (C=O) groups excluding carboxylic acids is 2. The molecule has 2 amide bonds. The van der Waals surface area contributed by atoms with E-state index in [0.717, 1.165) is 6.42 Å². The van der Waals surface area contributed by atoms with Crippen molar-refractivity contribution in [2.24, 2.45) is 0 Å². The number of nitrogens with zero attached hydrogens (tertiary/aromatic N) is 2. The molecule has 0 saturated heterocycles. The Hall–Kier alpha value is -3.22. The van der Waals surface area contributed by atoms with Gasteiger partial charge in [0.25, 0.3) is 11.8 Å². The number of imidazole rings is 1. The molecule has 0 aliphatic heterocycles. The second kappa shape index (κ2) is 8.44. The number of aromatic nitrogens is 2. The first kappa shape index (κ1) is 18.6. The van der Waals surface area contributed by atoms with E-state index in [2.05, 4.69) is 15.6 Å². The molecular formula is C20H21FN4O2. The smallest absolute Gasteiger partial charge is 0.287 e. The number of pyridine rings is 1. The fourth-order valence-corrected chi connectivity index (χ4v) is 2.78. The summed E-state index contributed by atoms with van der Waals surface area (Å²) in [5.74, 6) is -0.861. The molecule has 3 rings (SSSR count). The standard InChI is InChI=1S/C20H21FN4O2/c1-2-11-22-20(27)18-24-17(16-9-5-6-13-25(16)18)19(26)23-12-10-14-7-3-4-8-15(14)21/h3-9,13H,2,10-12H2,1H3,(H,22,27)(H,23,26). The van der Waals surface area contributed by atoms with E-state index >= 15 is 0 Å². The molecule has 0 bridgehead atoms. The van der Waals surface area contributed by atoms with Gasteiger partial charge in [0, 0.05) is 19.3 Å². The number of rotatable bonds is 7. The quantitative estimate of drug-likeness (QED) is 0.673. The lowest BCUT2D eigenvalue weighted by Crippen LogP contribution is -2.27.